The number of carbonyl (C=O) groups excluding carboxylic acids is 1. The third-order valence-electron chi connectivity index (χ3n) is 2.58. The second kappa shape index (κ2) is 9.83. The molecule has 1 amide bonds. The van der Waals surface area contributed by atoms with E-state index >= 15 is 0 Å². The fraction of sp³-hybridized carbons (Fsp3) is 0.467. The van der Waals surface area contributed by atoms with Gasteiger partial charge in [-0.15, -0.1) is 0 Å². The average molecular weight is 276 g/mol. The van der Waals surface area contributed by atoms with Gasteiger partial charge in [-0.25, -0.2) is 0 Å². The highest BCUT2D eigenvalue weighted by molar-refractivity contribution is 5.94. The molecule has 0 bridgehead atoms. The fourth-order valence-corrected chi connectivity index (χ4v) is 1.61. The third kappa shape index (κ3) is 6.22. The number of hydrogen-bond donors (Lipinski definition) is 3. The van der Waals surface area contributed by atoms with Gasteiger partial charge in [0.2, 0.25) is 0 Å². The SMILES string of the molecule is CCCN=C(NCC)NCCNC(=O)c1ccccc1. The lowest BCUT2D eigenvalue weighted by Gasteiger charge is -2.11. The summed E-state index contributed by atoms with van der Waals surface area (Å²) in [5, 5.41) is 9.22. The number of aliphatic imine (C=N–C) groups is 1. The zero-order valence-corrected chi connectivity index (χ0v) is 12.3. The number of nitrogens with one attached hydrogen (secondary N) is 3. The molecule has 0 aliphatic heterocycles. The van der Waals surface area contributed by atoms with Crippen LogP contribution < -0.4 is 16.0 Å². The minimum atomic E-state index is -0.0529. The van der Waals surface area contributed by atoms with Gasteiger partial charge in [0.1, 0.15) is 0 Å². The van der Waals surface area contributed by atoms with Gasteiger partial charge < -0.3 is 16.0 Å². The Balaban J connectivity index is 2.28. The van der Waals surface area contributed by atoms with Gasteiger partial charge in [0.25, 0.3) is 5.91 Å². The van der Waals surface area contributed by atoms with E-state index in [4.69, 9.17) is 0 Å². The predicted molar refractivity (Wildman–Crippen MR) is 83.0 cm³/mol. The van der Waals surface area contributed by atoms with E-state index in [-0.39, 0.29) is 5.91 Å². The number of carbonyl (C=O) groups is 1. The summed E-state index contributed by atoms with van der Waals surface area (Å²) < 4.78 is 0. The van der Waals surface area contributed by atoms with Crippen molar-refractivity contribution in [3.63, 3.8) is 0 Å². The van der Waals surface area contributed by atoms with Crippen LogP contribution in [0.25, 0.3) is 0 Å². The average Bonchev–Trinajstić information content (AvgIpc) is 2.49. The van der Waals surface area contributed by atoms with Crippen molar-refractivity contribution in [1.82, 2.24) is 16.0 Å². The normalized spacial score (nSPS) is 11.0. The minimum absolute atomic E-state index is 0.0529. The third-order valence-corrected chi connectivity index (χ3v) is 2.58. The van der Waals surface area contributed by atoms with Gasteiger partial charge in [0.05, 0.1) is 0 Å². The molecule has 5 nitrogen and oxygen atoms in total. The lowest BCUT2D eigenvalue weighted by molar-refractivity contribution is 0.0954. The molecule has 0 saturated heterocycles. The molecular weight excluding hydrogens is 252 g/mol. The predicted octanol–water partition coefficient (Wildman–Crippen LogP) is 1.38. The molecule has 5 heteroatoms. The smallest absolute Gasteiger partial charge is 0.251 e. The van der Waals surface area contributed by atoms with Crippen LogP contribution in [0, 0.1) is 0 Å². The quantitative estimate of drug-likeness (QED) is 0.400. The Hall–Kier alpha value is -2.04. The first-order valence-corrected chi connectivity index (χ1v) is 7.13. The standard InChI is InChI=1S/C15H24N4O/c1-3-10-18-15(16-4-2)19-12-11-17-14(20)13-8-6-5-7-9-13/h5-9H,3-4,10-12H2,1-2H3,(H,17,20)(H2,16,18,19). The molecule has 0 unspecified atom stereocenters. The summed E-state index contributed by atoms with van der Waals surface area (Å²) in [5.41, 5.74) is 0.680. The van der Waals surface area contributed by atoms with Crippen molar-refractivity contribution in [3.05, 3.63) is 35.9 Å². The molecule has 0 aromatic heterocycles. The van der Waals surface area contributed by atoms with Gasteiger partial charge in [0.15, 0.2) is 5.96 Å². The molecule has 0 fully saturated rings. The molecule has 110 valence electrons. The molecule has 0 radical (unpaired) electrons. The number of nitrogens with zero attached hydrogens (tertiary/aromatic N) is 1. The Labute approximate surface area is 120 Å². The summed E-state index contributed by atoms with van der Waals surface area (Å²) >= 11 is 0. The van der Waals surface area contributed by atoms with Crippen molar-refractivity contribution in [2.75, 3.05) is 26.2 Å². The Morgan fingerprint density at radius 1 is 1.05 bits per heavy atom. The summed E-state index contributed by atoms with van der Waals surface area (Å²) in [5.74, 6) is 0.742. The van der Waals surface area contributed by atoms with Gasteiger partial charge >= 0.3 is 0 Å². The van der Waals surface area contributed by atoms with Crippen molar-refractivity contribution >= 4 is 11.9 Å². The molecule has 0 heterocycles. The first-order chi connectivity index (χ1) is 9.77. The second-order valence-electron chi connectivity index (χ2n) is 4.31. The van der Waals surface area contributed by atoms with Crippen molar-refractivity contribution in [2.45, 2.75) is 20.3 Å². The van der Waals surface area contributed by atoms with Gasteiger partial charge in [-0.05, 0) is 25.5 Å². The lowest BCUT2D eigenvalue weighted by Crippen LogP contribution is -2.41. The van der Waals surface area contributed by atoms with E-state index < -0.39 is 0 Å². The number of amides is 1. The van der Waals surface area contributed by atoms with Gasteiger partial charge in [-0.2, -0.15) is 0 Å². The highest BCUT2D eigenvalue weighted by Crippen LogP contribution is 1.96. The molecule has 0 saturated carbocycles. The Bertz CT molecular complexity index is 417. The first kappa shape index (κ1) is 16.0. The summed E-state index contributed by atoms with van der Waals surface area (Å²) in [4.78, 5) is 16.2. The maximum atomic E-state index is 11.8. The summed E-state index contributed by atoms with van der Waals surface area (Å²) in [7, 11) is 0. The van der Waals surface area contributed by atoms with E-state index in [2.05, 4.69) is 27.9 Å². The largest absolute Gasteiger partial charge is 0.357 e. The fourth-order valence-electron chi connectivity index (χ4n) is 1.61. The van der Waals surface area contributed by atoms with Crippen LogP contribution in [0.5, 0.6) is 0 Å². The van der Waals surface area contributed by atoms with E-state index in [1.807, 2.05) is 25.1 Å². The molecule has 0 atom stereocenters. The van der Waals surface area contributed by atoms with Gasteiger partial charge in [-0.1, -0.05) is 25.1 Å². The van der Waals surface area contributed by atoms with Crippen LogP contribution >= 0.6 is 0 Å². The first-order valence-electron chi connectivity index (χ1n) is 7.13. The van der Waals surface area contributed by atoms with E-state index in [1.54, 1.807) is 12.1 Å². The van der Waals surface area contributed by atoms with E-state index in [1.165, 1.54) is 0 Å². The maximum absolute atomic E-state index is 11.8. The van der Waals surface area contributed by atoms with Crippen LogP contribution in [0.4, 0.5) is 0 Å². The van der Waals surface area contributed by atoms with E-state index in [9.17, 15) is 4.79 Å². The Kier molecular flexibility index (Phi) is 7.87. The summed E-state index contributed by atoms with van der Waals surface area (Å²) in [6.07, 6.45) is 1.02. The van der Waals surface area contributed by atoms with Crippen molar-refractivity contribution in [2.24, 2.45) is 4.99 Å². The van der Waals surface area contributed by atoms with Crippen LogP contribution in [0.2, 0.25) is 0 Å². The van der Waals surface area contributed by atoms with Crippen LogP contribution in [0.15, 0.2) is 35.3 Å². The lowest BCUT2D eigenvalue weighted by atomic mass is 10.2. The van der Waals surface area contributed by atoms with E-state index in [0.29, 0.717) is 18.7 Å². The summed E-state index contributed by atoms with van der Waals surface area (Å²) in [6.45, 7) is 6.95. The van der Waals surface area contributed by atoms with Crippen molar-refractivity contribution in [3.8, 4) is 0 Å². The number of rotatable bonds is 7. The van der Waals surface area contributed by atoms with Crippen LogP contribution in [0.1, 0.15) is 30.6 Å². The molecule has 1 rings (SSSR count). The zero-order valence-electron chi connectivity index (χ0n) is 12.3. The molecule has 1 aromatic carbocycles. The molecule has 1 aromatic rings. The maximum Gasteiger partial charge on any atom is 0.251 e. The molecule has 3 N–H and O–H groups in total. The second-order valence-corrected chi connectivity index (χ2v) is 4.31. The molecule has 0 aliphatic rings. The number of benzene rings is 1. The van der Waals surface area contributed by atoms with Crippen LogP contribution in [0.3, 0.4) is 0 Å². The van der Waals surface area contributed by atoms with Crippen molar-refractivity contribution in [1.29, 1.82) is 0 Å². The Morgan fingerprint density at radius 3 is 2.40 bits per heavy atom. The van der Waals surface area contributed by atoms with Crippen molar-refractivity contribution < 1.29 is 4.79 Å². The van der Waals surface area contributed by atoms with Gasteiger partial charge in [0, 0.05) is 31.7 Å². The molecule has 0 aliphatic carbocycles. The minimum Gasteiger partial charge on any atom is -0.357 e. The molecule has 20 heavy (non-hydrogen) atoms. The van der Waals surface area contributed by atoms with Crippen LogP contribution in [-0.4, -0.2) is 38.0 Å². The zero-order chi connectivity index (χ0) is 14.6. The van der Waals surface area contributed by atoms with E-state index in [0.717, 1.165) is 25.5 Å². The van der Waals surface area contributed by atoms with Crippen LogP contribution in [-0.2, 0) is 0 Å². The highest BCUT2D eigenvalue weighted by Gasteiger charge is 2.03. The number of hydrogen-bond acceptors (Lipinski definition) is 2. The number of guanidine groups is 1. The Morgan fingerprint density at radius 2 is 1.75 bits per heavy atom. The summed E-state index contributed by atoms with van der Waals surface area (Å²) in [6, 6.07) is 9.21. The monoisotopic (exact) mass is 276 g/mol. The molecular formula is C15H24N4O. The molecule has 0 spiro atoms. The van der Waals surface area contributed by atoms with Gasteiger partial charge in [-0.3, -0.25) is 9.79 Å². The topological polar surface area (TPSA) is 65.5 Å². The highest BCUT2D eigenvalue weighted by atomic mass is 16.1.